The molecule has 1 aromatic heterocycles. The van der Waals surface area contributed by atoms with E-state index in [1.54, 1.807) is 42.5 Å². The molecular weight excluding hydrogens is 376 g/mol. The topological polar surface area (TPSA) is 127 Å². The predicted octanol–water partition coefficient (Wildman–Crippen LogP) is 3.17. The number of nitro benzene ring substituents is 1. The Kier molecular flexibility index (Phi) is 6.21. The molecule has 0 spiro atoms. The van der Waals surface area contributed by atoms with E-state index < -0.39 is 10.8 Å². The van der Waals surface area contributed by atoms with E-state index in [-0.39, 0.29) is 24.7 Å². The van der Waals surface area contributed by atoms with Gasteiger partial charge in [0.2, 0.25) is 5.91 Å². The number of non-ortho nitro benzene ring substituents is 1. The minimum absolute atomic E-state index is 0.0750. The third-order valence-electron chi connectivity index (χ3n) is 3.96. The molecule has 29 heavy (non-hydrogen) atoms. The Balaban J connectivity index is 1.59. The number of nitro groups is 1. The Morgan fingerprint density at radius 3 is 2.62 bits per heavy atom. The number of carbonyl (C=O) groups is 2. The molecule has 0 saturated carbocycles. The number of anilines is 2. The zero-order valence-electron chi connectivity index (χ0n) is 15.3. The number of nitrogens with zero attached hydrogens (tertiary/aromatic N) is 1. The summed E-state index contributed by atoms with van der Waals surface area (Å²) in [7, 11) is 0. The van der Waals surface area contributed by atoms with Crippen molar-refractivity contribution in [3.05, 3.63) is 88.4 Å². The van der Waals surface area contributed by atoms with Crippen LogP contribution in [0.3, 0.4) is 0 Å². The van der Waals surface area contributed by atoms with Gasteiger partial charge < -0.3 is 20.4 Å². The van der Waals surface area contributed by atoms with Gasteiger partial charge in [-0.05, 0) is 30.3 Å². The minimum atomic E-state index is -0.511. The highest BCUT2D eigenvalue weighted by molar-refractivity contribution is 6.04. The predicted molar refractivity (Wildman–Crippen MR) is 107 cm³/mol. The third-order valence-corrected chi connectivity index (χ3v) is 3.96. The van der Waals surface area contributed by atoms with E-state index >= 15 is 0 Å². The molecule has 0 radical (unpaired) electrons. The van der Waals surface area contributed by atoms with Crippen LogP contribution in [0.2, 0.25) is 0 Å². The fourth-order valence-corrected chi connectivity index (χ4v) is 2.57. The van der Waals surface area contributed by atoms with Crippen molar-refractivity contribution < 1.29 is 18.9 Å². The van der Waals surface area contributed by atoms with Crippen LogP contribution in [0.1, 0.15) is 16.1 Å². The largest absolute Gasteiger partial charge is 0.467 e. The summed E-state index contributed by atoms with van der Waals surface area (Å²) >= 11 is 0. The van der Waals surface area contributed by atoms with Crippen LogP contribution < -0.4 is 16.0 Å². The molecule has 0 fully saturated rings. The standard InChI is InChI=1S/C20H18N4O5/c25-19(13-21-14-5-3-6-15(11-14)24(27)28)23-18-9-2-1-8-17(18)20(26)22-12-16-7-4-10-29-16/h1-11,21H,12-13H2,(H,22,26)(H,23,25). The van der Waals surface area contributed by atoms with Crippen LogP contribution >= 0.6 is 0 Å². The first-order valence-corrected chi connectivity index (χ1v) is 8.71. The molecule has 0 aliphatic heterocycles. The lowest BCUT2D eigenvalue weighted by Crippen LogP contribution is -2.26. The van der Waals surface area contributed by atoms with Crippen molar-refractivity contribution >= 4 is 28.9 Å². The smallest absolute Gasteiger partial charge is 0.271 e. The van der Waals surface area contributed by atoms with Crippen LogP contribution in [0, 0.1) is 10.1 Å². The zero-order valence-corrected chi connectivity index (χ0v) is 15.3. The quantitative estimate of drug-likeness (QED) is 0.398. The molecule has 0 atom stereocenters. The van der Waals surface area contributed by atoms with Crippen molar-refractivity contribution in [3.63, 3.8) is 0 Å². The number of hydrogen-bond acceptors (Lipinski definition) is 6. The SMILES string of the molecule is O=C(CNc1cccc([N+](=O)[O-])c1)Nc1ccccc1C(=O)NCc1ccco1. The van der Waals surface area contributed by atoms with E-state index in [9.17, 15) is 19.7 Å². The number of carbonyl (C=O) groups excluding carboxylic acids is 2. The molecule has 0 aliphatic rings. The summed E-state index contributed by atoms with van der Waals surface area (Å²) in [4.78, 5) is 35.0. The van der Waals surface area contributed by atoms with Gasteiger partial charge in [-0.1, -0.05) is 18.2 Å². The Bertz CT molecular complexity index is 1020. The molecule has 0 bridgehead atoms. The van der Waals surface area contributed by atoms with Crippen molar-refractivity contribution in [1.82, 2.24) is 5.32 Å². The molecule has 2 amide bonds. The van der Waals surface area contributed by atoms with Gasteiger partial charge in [0.25, 0.3) is 11.6 Å². The molecule has 9 nitrogen and oxygen atoms in total. The Morgan fingerprint density at radius 2 is 1.86 bits per heavy atom. The number of rotatable bonds is 8. The van der Waals surface area contributed by atoms with Gasteiger partial charge in [0, 0.05) is 17.8 Å². The molecule has 0 unspecified atom stereocenters. The van der Waals surface area contributed by atoms with Crippen LogP contribution in [-0.4, -0.2) is 23.3 Å². The van der Waals surface area contributed by atoms with E-state index in [0.717, 1.165) is 0 Å². The first-order chi connectivity index (χ1) is 14.0. The molecule has 3 N–H and O–H groups in total. The molecule has 9 heteroatoms. The van der Waals surface area contributed by atoms with E-state index in [4.69, 9.17) is 4.42 Å². The molecule has 2 aromatic carbocycles. The summed E-state index contributed by atoms with van der Waals surface area (Å²) in [5.41, 5.74) is 1.03. The van der Waals surface area contributed by atoms with Crippen molar-refractivity contribution in [2.45, 2.75) is 6.54 Å². The highest BCUT2D eigenvalue weighted by Crippen LogP contribution is 2.18. The maximum absolute atomic E-state index is 12.4. The number of amides is 2. The lowest BCUT2D eigenvalue weighted by molar-refractivity contribution is -0.384. The number of hydrogen-bond donors (Lipinski definition) is 3. The van der Waals surface area contributed by atoms with Gasteiger partial charge >= 0.3 is 0 Å². The van der Waals surface area contributed by atoms with Gasteiger partial charge in [-0.2, -0.15) is 0 Å². The number of benzene rings is 2. The second kappa shape index (κ2) is 9.18. The summed E-state index contributed by atoms with van der Waals surface area (Å²) in [5, 5.41) is 19.0. The van der Waals surface area contributed by atoms with Gasteiger partial charge in [0.05, 0.1) is 35.5 Å². The van der Waals surface area contributed by atoms with Crippen molar-refractivity contribution in [2.24, 2.45) is 0 Å². The zero-order chi connectivity index (χ0) is 20.6. The summed E-state index contributed by atoms with van der Waals surface area (Å²) in [6, 6.07) is 15.9. The third kappa shape index (κ3) is 5.42. The number of furan rings is 1. The first kappa shape index (κ1) is 19.6. The monoisotopic (exact) mass is 394 g/mol. The lowest BCUT2D eigenvalue weighted by atomic mass is 10.1. The normalized spacial score (nSPS) is 10.2. The Hall–Kier alpha value is -4.14. The Morgan fingerprint density at radius 1 is 1.03 bits per heavy atom. The number of para-hydroxylation sites is 1. The maximum Gasteiger partial charge on any atom is 0.271 e. The highest BCUT2D eigenvalue weighted by Gasteiger charge is 2.13. The highest BCUT2D eigenvalue weighted by atomic mass is 16.6. The van der Waals surface area contributed by atoms with Crippen LogP contribution in [0.25, 0.3) is 0 Å². The number of nitrogens with one attached hydrogen (secondary N) is 3. The summed E-state index contributed by atoms with van der Waals surface area (Å²) in [5.74, 6) is -0.146. The van der Waals surface area contributed by atoms with E-state index in [1.165, 1.54) is 24.5 Å². The second-order valence-corrected chi connectivity index (χ2v) is 6.02. The molecule has 1 heterocycles. The van der Waals surface area contributed by atoms with Crippen LogP contribution in [0.15, 0.2) is 71.3 Å². The maximum atomic E-state index is 12.4. The average molecular weight is 394 g/mol. The molecule has 0 saturated heterocycles. The molecule has 148 valence electrons. The van der Waals surface area contributed by atoms with Gasteiger partial charge in [0.1, 0.15) is 5.76 Å². The first-order valence-electron chi connectivity index (χ1n) is 8.71. The van der Waals surface area contributed by atoms with Crippen LogP contribution in [0.4, 0.5) is 17.1 Å². The van der Waals surface area contributed by atoms with Crippen molar-refractivity contribution in [2.75, 3.05) is 17.2 Å². The fraction of sp³-hybridized carbons (Fsp3) is 0.100. The average Bonchev–Trinajstić information content (AvgIpc) is 3.25. The van der Waals surface area contributed by atoms with Gasteiger partial charge in [-0.3, -0.25) is 19.7 Å². The molecule has 3 aromatic rings. The van der Waals surface area contributed by atoms with Crippen molar-refractivity contribution in [3.8, 4) is 0 Å². The lowest BCUT2D eigenvalue weighted by Gasteiger charge is -2.12. The molecule has 3 rings (SSSR count). The van der Waals surface area contributed by atoms with E-state index in [1.807, 2.05) is 0 Å². The van der Waals surface area contributed by atoms with Crippen LogP contribution in [0.5, 0.6) is 0 Å². The van der Waals surface area contributed by atoms with E-state index in [0.29, 0.717) is 22.7 Å². The fourth-order valence-electron chi connectivity index (χ4n) is 2.57. The van der Waals surface area contributed by atoms with Gasteiger partial charge in [-0.15, -0.1) is 0 Å². The minimum Gasteiger partial charge on any atom is -0.467 e. The molecular formula is C20H18N4O5. The summed E-state index contributed by atoms with van der Waals surface area (Å²) in [6.45, 7) is 0.103. The summed E-state index contributed by atoms with van der Waals surface area (Å²) < 4.78 is 5.18. The summed E-state index contributed by atoms with van der Waals surface area (Å²) in [6.07, 6.45) is 1.52. The van der Waals surface area contributed by atoms with E-state index in [2.05, 4.69) is 16.0 Å². The van der Waals surface area contributed by atoms with Gasteiger partial charge in [0.15, 0.2) is 0 Å². The second-order valence-electron chi connectivity index (χ2n) is 6.02. The van der Waals surface area contributed by atoms with Crippen LogP contribution in [-0.2, 0) is 11.3 Å². The van der Waals surface area contributed by atoms with Gasteiger partial charge in [-0.25, -0.2) is 0 Å². The van der Waals surface area contributed by atoms with Crippen molar-refractivity contribution in [1.29, 1.82) is 0 Å². The Labute approximate surface area is 165 Å². The molecule has 0 aliphatic carbocycles.